The van der Waals surface area contributed by atoms with E-state index in [1.807, 2.05) is 0 Å². The van der Waals surface area contributed by atoms with Crippen LogP contribution in [0.1, 0.15) is 45.2 Å². The molecule has 0 amide bonds. The maximum absolute atomic E-state index is 6.38. The lowest BCUT2D eigenvalue weighted by molar-refractivity contribution is 0.208. The molecule has 1 aromatic carbocycles. The third-order valence-electron chi connectivity index (χ3n) is 4.15. The first-order valence-electron chi connectivity index (χ1n) is 7.35. The van der Waals surface area contributed by atoms with Crippen LogP contribution < -0.4 is 5.32 Å². The number of hydrogen-bond donors (Lipinski definition) is 1. The van der Waals surface area contributed by atoms with Gasteiger partial charge in [-0.25, -0.2) is 0 Å². The number of aryl methyl sites for hydroxylation is 1. The van der Waals surface area contributed by atoms with Crippen LogP contribution in [0.4, 0.5) is 0 Å². The third kappa shape index (κ3) is 4.81. The van der Waals surface area contributed by atoms with Crippen LogP contribution in [0, 0.1) is 18.3 Å². The van der Waals surface area contributed by atoms with E-state index in [1.54, 1.807) is 0 Å². The number of halogens is 1. The summed E-state index contributed by atoms with van der Waals surface area (Å²) < 4.78 is 0. The van der Waals surface area contributed by atoms with Gasteiger partial charge in [0, 0.05) is 11.6 Å². The van der Waals surface area contributed by atoms with Gasteiger partial charge in [0.2, 0.25) is 0 Å². The van der Waals surface area contributed by atoms with Gasteiger partial charge in [-0.1, -0.05) is 51.4 Å². The Morgan fingerprint density at radius 1 is 1.32 bits per heavy atom. The molecule has 0 aliphatic carbocycles. The molecule has 1 rings (SSSR count). The molecule has 0 fully saturated rings. The fraction of sp³-hybridized carbons (Fsp3) is 0.647. The number of nitrogens with one attached hydrogen (secondary N) is 1. The van der Waals surface area contributed by atoms with E-state index in [-0.39, 0.29) is 5.41 Å². The summed E-state index contributed by atoms with van der Waals surface area (Å²) in [7, 11) is 0. The zero-order valence-electron chi connectivity index (χ0n) is 13.0. The third-order valence-corrected chi connectivity index (χ3v) is 4.50. The molecule has 0 aliphatic rings. The molecule has 0 spiro atoms. The van der Waals surface area contributed by atoms with Crippen LogP contribution in [0.5, 0.6) is 0 Å². The van der Waals surface area contributed by atoms with Crippen molar-refractivity contribution < 1.29 is 0 Å². The smallest absolute Gasteiger partial charge is 0.0440 e. The zero-order valence-corrected chi connectivity index (χ0v) is 13.8. The Morgan fingerprint density at radius 2 is 2.00 bits per heavy atom. The molecule has 108 valence electrons. The predicted molar refractivity (Wildman–Crippen MR) is 86.0 cm³/mol. The van der Waals surface area contributed by atoms with E-state index in [0.717, 1.165) is 24.5 Å². The van der Waals surface area contributed by atoms with Gasteiger partial charge in [0.1, 0.15) is 0 Å². The van der Waals surface area contributed by atoms with Crippen molar-refractivity contribution >= 4 is 11.6 Å². The van der Waals surface area contributed by atoms with Crippen molar-refractivity contribution in [2.45, 2.75) is 47.5 Å². The fourth-order valence-electron chi connectivity index (χ4n) is 2.25. The van der Waals surface area contributed by atoms with Crippen LogP contribution in [0.15, 0.2) is 18.2 Å². The van der Waals surface area contributed by atoms with Crippen LogP contribution in [0.25, 0.3) is 0 Å². The molecule has 1 unspecified atom stereocenters. The maximum atomic E-state index is 6.38. The van der Waals surface area contributed by atoms with Gasteiger partial charge in [0.05, 0.1) is 0 Å². The van der Waals surface area contributed by atoms with Gasteiger partial charge in [-0.3, -0.25) is 0 Å². The summed E-state index contributed by atoms with van der Waals surface area (Å²) >= 11 is 6.38. The van der Waals surface area contributed by atoms with Gasteiger partial charge >= 0.3 is 0 Å². The van der Waals surface area contributed by atoms with Crippen LogP contribution in [-0.4, -0.2) is 13.1 Å². The summed E-state index contributed by atoms with van der Waals surface area (Å²) in [5.41, 5.74) is 2.74. The maximum Gasteiger partial charge on any atom is 0.0440 e. The molecular weight excluding hydrogens is 254 g/mol. The van der Waals surface area contributed by atoms with Crippen LogP contribution in [0.2, 0.25) is 5.02 Å². The molecule has 1 atom stereocenters. The first-order valence-corrected chi connectivity index (χ1v) is 7.72. The zero-order chi connectivity index (χ0) is 14.5. The van der Waals surface area contributed by atoms with Crippen molar-refractivity contribution in [2.75, 3.05) is 13.1 Å². The lowest BCUT2D eigenvalue weighted by Gasteiger charge is -2.35. The molecule has 0 bridgehead atoms. The highest BCUT2D eigenvalue weighted by atomic mass is 35.5. The minimum Gasteiger partial charge on any atom is -0.316 e. The molecule has 0 radical (unpaired) electrons. The number of hydrogen-bond acceptors (Lipinski definition) is 1. The van der Waals surface area contributed by atoms with Gasteiger partial charge in [-0.15, -0.1) is 0 Å². The molecule has 2 heteroatoms. The van der Waals surface area contributed by atoms with Gasteiger partial charge < -0.3 is 5.32 Å². The Bertz CT molecular complexity index is 400. The Hall–Kier alpha value is -0.530. The van der Waals surface area contributed by atoms with Gasteiger partial charge in [0.25, 0.3) is 0 Å². The van der Waals surface area contributed by atoms with Gasteiger partial charge in [0.15, 0.2) is 0 Å². The van der Waals surface area contributed by atoms with Gasteiger partial charge in [-0.05, 0) is 54.8 Å². The molecule has 1 N–H and O–H groups in total. The predicted octanol–water partition coefficient (Wildman–Crippen LogP) is 4.85. The van der Waals surface area contributed by atoms with Crippen LogP contribution in [-0.2, 0) is 6.42 Å². The fourth-order valence-corrected chi connectivity index (χ4v) is 2.55. The Kier molecular flexibility index (Phi) is 6.35. The first-order chi connectivity index (χ1) is 8.89. The second-order valence-corrected chi connectivity index (χ2v) is 6.66. The number of rotatable bonds is 7. The standard InChI is InChI=1S/C17H28ClN/c1-6-9-19-12-17(5,13(2)3)11-15-8-7-14(4)10-16(15)18/h7-8,10,13,19H,6,9,11-12H2,1-5H3. The summed E-state index contributed by atoms with van der Waals surface area (Å²) in [6.45, 7) is 13.4. The molecule has 0 saturated carbocycles. The minimum atomic E-state index is 0.244. The molecule has 1 aromatic rings. The normalized spacial score (nSPS) is 14.7. The highest BCUT2D eigenvalue weighted by Crippen LogP contribution is 2.33. The first kappa shape index (κ1) is 16.5. The van der Waals surface area contributed by atoms with E-state index >= 15 is 0 Å². The number of benzene rings is 1. The summed E-state index contributed by atoms with van der Waals surface area (Å²) in [4.78, 5) is 0. The quantitative estimate of drug-likeness (QED) is 0.704. The van der Waals surface area contributed by atoms with Crippen molar-refractivity contribution in [3.05, 3.63) is 34.3 Å². The average Bonchev–Trinajstić information content (AvgIpc) is 2.33. The summed E-state index contributed by atoms with van der Waals surface area (Å²) in [5.74, 6) is 0.620. The summed E-state index contributed by atoms with van der Waals surface area (Å²) in [6, 6.07) is 6.40. The van der Waals surface area contributed by atoms with E-state index in [2.05, 4.69) is 58.1 Å². The van der Waals surface area contributed by atoms with Crippen molar-refractivity contribution in [1.82, 2.24) is 5.32 Å². The summed E-state index contributed by atoms with van der Waals surface area (Å²) in [5, 5.41) is 4.47. The highest BCUT2D eigenvalue weighted by molar-refractivity contribution is 6.31. The molecule has 0 aliphatic heterocycles. The molecule has 0 saturated heterocycles. The van der Waals surface area contributed by atoms with E-state index in [4.69, 9.17) is 11.6 Å². The van der Waals surface area contributed by atoms with Crippen LogP contribution in [0.3, 0.4) is 0 Å². The highest BCUT2D eigenvalue weighted by Gasteiger charge is 2.28. The van der Waals surface area contributed by atoms with E-state index < -0.39 is 0 Å². The lowest BCUT2D eigenvalue weighted by Crippen LogP contribution is -2.38. The van der Waals surface area contributed by atoms with Crippen molar-refractivity contribution in [1.29, 1.82) is 0 Å². The Morgan fingerprint density at radius 3 is 2.53 bits per heavy atom. The molecular formula is C17H28ClN. The molecule has 0 aromatic heterocycles. The Balaban J connectivity index is 2.82. The minimum absolute atomic E-state index is 0.244. The molecule has 19 heavy (non-hydrogen) atoms. The van der Waals surface area contributed by atoms with E-state index in [9.17, 15) is 0 Å². The molecule has 0 heterocycles. The van der Waals surface area contributed by atoms with Gasteiger partial charge in [-0.2, -0.15) is 0 Å². The summed E-state index contributed by atoms with van der Waals surface area (Å²) in [6.07, 6.45) is 2.21. The Labute approximate surface area is 123 Å². The largest absolute Gasteiger partial charge is 0.316 e. The van der Waals surface area contributed by atoms with Crippen molar-refractivity contribution in [2.24, 2.45) is 11.3 Å². The lowest BCUT2D eigenvalue weighted by atomic mass is 9.74. The topological polar surface area (TPSA) is 12.0 Å². The molecule has 1 nitrogen and oxygen atoms in total. The average molecular weight is 282 g/mol. The van der Waals surface area contributed by atoms with E-state index in [1.165, 1.54) is 17.5 Å². The second kappa shape index (κ2) is 7.31. The van der Waals surface area contributed by atoms with E-state index in [0.29, 0.717) is 5.92 Å². The van der Waals surface area contributed by atoms with Crippen molar-refractivity contribution in [3.63, 3.8) is 0 Å². The van der Waals surface area contributed by atoms with Crippen LogP contribution >= 0.6 is 11.6 Å². The monoisotopic (exact) mass is 281 g/mol. The SMILES string of the molecule is CCCNCC(C)(Cc1ccc(C)cc1Cl)C(C)C. The second-order valence-electron chi connectivity index (χ2n) is 6.26. The van der Waals surface area contributed by atoms with Crippen molar-refractivity contribution in [3.8, 4) is 0 Å².